The van der Waals surface area contributed by atoms with Gasteiger partial charge in [0.25, 0.3) is 11.8 Å². The number of anilines is 1. The molecule has 0 radical (unpaired) electrons. The largest absolute Gasteiger partial charge is 0.497 e. The predicted octanol–water partition coefficient (Wildman–Crippen LogP) is 2.73. The van der Waals surface area contributed by atoms with E-state index in [0.717, 1.165) is 10.4 Å². The van der Waals surface area contributed by atoms with Crippen molar-refractivity contribution in [2.75, 3.05) is 19.5 Å². The molecule has 7 heteroatoms. The number of hydrogen-bond acceptors (Lipinski definition) is 5. The fourth-order valence-electron chi connectivity index (χ4n) is 2.13. The number of primary amides is 1. The average molecular weight is 334 g/mol. The standard InChI is InChI=1S/C16H18N2O4S/c1-8-9(2)23-16(13(8)14(17)19)18-15(20)10-5-11(21-3)7-12(6-10)22-4/h5-7H,1-4H3,(H2,17,19)(H,18,20). The number of benzene rings is 1. The smallest absolute Gasteiger partial charge is 0.256 e. The minimum Gasteiger partial charge on any atom is -0.497 e. The molecule has 23 heavy (non-hydrogen) atoms. The molecule has 0 saturated heterocycles. The van der Waals surface area contributed by atoms with E-state index in [9.17, 15) is 9.59 Å². The Morgan fingerprint density at radius 1 is 1.09 bits per heavy atom. The molecule has 2 amide bonds. The Kier molecular flexibility index (Phi) is 4.90. The molecule has 1 aromatic carbocycles. The zero-order chi connectivity index (χ0) is 17.1. The van der Waals surface area contributed by atoms with Crippen LogP contribution in [-0.4, -0.2) is 26.0 Å². The Balaban J connectivity index is 2.37. The summed E-state index contributed by atoms with van der Waals surface area (Å²) in [4.78, 5) is 25.0. The summed E-state index contributed by atoms with van der Waals surface area (Å²) in [5, 5.41) is 3.18. The first kappa shape index (κ1) is 16.8. The lowest BCUT2D eigenvalue weighted by atomic mass is 10.1. The molecular formula is C16H18N2O4S. The molecule has 2 rings (SSSR count). The zero-order valence-electron chi connectivity index (χ0n) is 13.4. The molecule has 0 aliphatic rings. The van der Waals surface area contributed by atoms with Crippen molar-refractivity contribution in [3.05, 3.63) is 39.8 Å². The van der Waals surface area contributed by atoms with E-state index < -0.39 is 5.91 Å². The predicted molar refractivity (Wildman–Crippen MR) is 89.8 cm³/mol. The van der Waals surface area contributed by atoms with Crippen molar-refractivity contribution < 1.29 is 19.1 Å². The van der Waals surface area contributed by atoms with Gasteiger partial charge in [-0.1, -0.05) is 0 Å². The molecule has 122 valence electrons. The second-order valence-electron chi connectivity index (χ2n) is 4.91. The van der Waals surface area contributed by atoms with E-state index in [-0.39, 0.29) is 5.91 Å². The van der Waals surface area contributed by atoms with Crippen LogP contribution in [0.5, 0.6) is 11.5 Å². The lowest BCUT2D eigenvalue weighted by Gasteiger charge is -2.09. The van der Waals surface area contributed by atoms with Gasteiger partial charge in [-0.25, -0.2) is 0 Å². The molecule has 0 unspecified atom stereocenters. The van der Waals surface area contributed by atoms with Gasteiger partial charge in [0, 0.05) is 16.5 Å². The quantitative estimate of drug-likeness (QED) is 0.879. The molecule has 1 heterocycles. The van der Waals surface area contributed by atoms with E-state index in [0.29, 0.717) is 27.6 Å². The molecule has 1 aromatic heterocycles. The van der Waals surface area contributed by atoms with Crippen LogP contribution in [0.1, 0.15) is 31.2 Å². The minimum atomic E-state index is -0.564. The average Bonchev–Trinajstić information content (AvgIpc) is 2.80. The Morgan fingerprint density at radius 3 is 2.13 bits per heavy atom. The molecule has 2 aromatic rings. The lowest BCUT2D eigenvalue weighted by Crippen LogP contribution is -2.17. The number of carbonyl (C=O) groups excluding carboxylic acids is 2. The summed E-state index contributed by atoms with van der Waals surface area (Å²) in [5.41, 5.74) is 6.89. The number of nitrogens with one attached hydrogen (secondary N) is 1. The second-order valence-corrected chi connectivity index (χ2v) is 6.13. The van der Waals surface area contributed by atoms with Gasteiger partial charge in [-0.15, -0.1) is 11.3 Å². The van der Waals surface area contributed by atoms with Crippen LogP contribution in [0.25, 0.3) is 0 Å². The Hall–Kier alpha value is -2.54. The number of ether oxygens (including phenoxy) is 2. The summed E-state index contributed by atoms with van der Waals surface area (Å²) < 4.78 is 10.3. The summed E-state index contributed by atoms with van der Waals surface area (Å²) in [5.74, 6) is 0.0719. The van der Waals surface area contributed by atoms with Crippen LogP contribution in [0.15, 0.2) is 18.2 Å². The van der Waals surface area contributed by atoms with Gasteiger partial charge in [0.2, 0.25) is 0 Å². The van der Waals surface area contributed by atoms with Gasteiger partial charge in [0.1, 0.15) is 16.5 Å². The number of hydrogen-bond donors (Lipinski definition) is 2. The first-order chi connectivity index (χ1) is 10.9. The van der Waals surface area contributed by atoms with Crippen molar-refractivity contribution in [1.82, 2.24) is 0 Å². The maximum Gasteiger partial charge on any atom is 0.256 e. The highest BCUT2D eigenvalue weighted by atomic mass is 32.1. The molecule has 0 bridgehead atoms. The number of aryl methyl sites for hydroxylation is 1. The van der Waals surface area contributed by atoms with Crippen LogP contribution in [0.2, 0.25) is 0 Å². The third-order valence-electron chi connectivity index (χ3n) is 3.47. The first-order valence-electron chi connectivity index (χ1n) is 6.81. The summed E-state index contributed by atoms with van der Waals surface area (Å²) in [6.07, 6.45) is 0. The Morgan fingerprint density at radius 2 is 1.65 bits per heavy atom. The van der Waals surface area contributed by atoms with E-state index in [4.69, 9.17) is 15.2 Å². The topological polar surface area (TPSA) is 90.7 Å². The Bertz CT molecular complexity index is 745. The SMILES string of the molecule is COc1cc(OC)cc(C(=O)Nc2sc(C)c(C)c2C(N)=O)c1. The number of amides is 2. The second kappa shape index (κ2) is 6.70. The molecule has 0 atom stereocenters. The number of methoxy groups -OCH3 is 2. The zero-order valence-corrected chi connectivity index (χ0v) is 14.2. The summed E-state index contributed by atoms with van der Waals surface area (Å²) in [7, 11) is 3.02. The summed E-state index contributed by atoms with van der Waals surface area (Å²) in [6.45, 7) is 3.67. The summed E-state index contributed by atoms with van der Waals surface area (Å²) >= 11 is 1.32. The van der Waals surface area contributed by atoms with E-state index >= 15 is 0 Å². The summed E-state index contributed by atoms with van der Waals surface area (Å²) in [6, 6.07) is 4.86. The third-order valence-corrected chi connectivity index (χ3v) is 4.60. The third kappa shape index (κ3) is 3.45. The molecule has 3 N–H and O–H groups in total. The number of rotatable bonds is 5. The molecule has 0 spiro atoms. The fourth-order valence-corrected chi connectivity index (χ4v) is 3.19. The Labute approximate surface area is 138 Å². The van der Waals surface area contributed by atoms with Crippen molar-refractivity contribution in [2.45, 2.75) is 13.8 Å². The van der Waals surface area contributed by atoms with E-state index in [1.165, 1.54) is 25.6 Å². The van der Waals surface area contributed by atoms with Gasteiger partial charge in [-0.3, -0.25) is 9.59 Å². The van der Waals surface area contributed by atoms with Gasteiger partial charge in [-0.2, -0.15) is 0 Å². The van der Waals surface area contributed by atoms with Crippen LogP contribution < -0.4 is 20.5 Å². The maximum atomic E-state index is 12.5. The van der Waals surface area contributed by atoms with Gasteiger partial charge >= 0.3 is 0 Å². The molecule has 0 aliphatic carbocycles. The van der Waals surface area contributed by atoms with Crippen LogP contribution >= 0.6 is 11.3 Å². The molecule has 0 saturated carbocycles. The van der Waals surface area contributed by atoms with E-state index in [2.05, 4.69) is 5.32 Å². The van der Waals surface area contributed by atoms with Crippen molar-refractivity contribution >= 4 is 28.2 Å². The number of nitrogens with two attached hydrogens (primary N) is 1. The number of thiophene rings is 1. The van der Waals surface area contributed by atoms with Crippen molar-refractivity contribution in [3.8, 4) is 11.5 Å². The van der Waals surface area contributed by atoms with E-state index in [1.54, 1.807) is 25.1 Å². The van der Waals surface area contributed by atoms with Crippen LogP contribution in [0.4, 0.5) is 5.00 Å². The normalized spacial score (nSPS) is 10.3. The van der Waals surface area contributed by atoms with Gasteiger partial charge in [-0.05, 0) is 31.5 Å². The van der Waals surface area contributed by atoms with Crippen molar-refractivity contribution in [3.63, 3.8) is 0 Å². The van der Waals surface area contributed by atoms with Crippen LogP contribution in [0, 0.1) is 13.8 Å². The molecule has 0 aliphatic heterocycles. The van der Waals surface area contributed by atoms with Gasteiger partial charge in [0.15, 0.2) is 0 Å². The highest BCUT2D eigenvalue weighted by molar-refractivity contribution is 7.16. The van der Waals surface area contributed by atoms with Gasteiger partial charge < -0.3 is 20.5 Å². The highest BCUT2D eigenvalue weighted by Gasteiger charge is 2.20. The first-order valence-corrected chi connectivity index (χ1v) is 7.63. The minimum absolute atomic E-state index is 0.343. The molecule has 0 fully saturated rings. The van der Waals surface area contributed by atoms with Crippen LogP contribution in [-0.2, 0) is 0 Å². The van der Waals surface area contributed by atoms with Crippen molar-refractivity contribution in [1.29, 1.82) is 0 Å². The molecular weight excluding hydrogens is 316 g/mol. The fraction of sp³-hybridized carbons (Fsp3) is 0.250. The van der Waals surface area contributed by atoms with E-state index in [1.807, 2.05) is 6.92 Å². The van der Waals surface area contributed by atoms with Gasteiger partial charge in [0.05, 0.1) is 19.8 Å². The van der Waals surface area contributed by atoms with Crippen molar-refractivity contribution in [2.24, 2.45) is 5.73 Å². The number of carbonyl (C=O) groups is 2. The highest BCUT2D eigenvalue weighted by Crippen LogP contribution is 2.32. The van der Waals surface area contributed by atoms with Crippen LogP contribution in [0.3, 0.4) is 0 Å². The monoisotopic (exact) mass is 334 g/mol. The molecule has 6 nitrogen and oxygen atoms in total. The maximum absolute atomic E-state index is 12.5. The lowest BCUT2D eigenvalue weighted by molar-refractivity contribution is 0.100.